The van der Waals surface area contributed by atoms with Crippen LogP contribution >= 0.6 is 0 Å². The van der Waals surface area contributed by atoms with E-state index in [2.05, 4.69) is 39.1 Å². The lowest BCUT2D eigenvalue weighted by molar-refractivity contribution is -0.142. The van der Waals surface area contributed by atoms with E-state index in [1.807, 2.05) is 13.0 Å². The number of hydrogen-bond donors (Lipinski definition) is 3. The van der Waals surface area contributed by atoms with E-state index in [0.29, 0.717) is 18.8 Å². The molecule has 0 radical (unpaired) electrons. The van der Waals surface area contributed by atoms with Crippen molar-refractivity contribution in [3.05, 3.63) is 35.5 Å². The van der Waals surface area contributed by atoms with E-state index in [0.717, 1.165) is 12.0 Å². The molecule has 0 aromatic heterocycles. The van der Waals surface area contributed by atoms with Crippen LogP contribution in [0.3, 0.4) is 0 Å². The standard InChI is InChI=1S/C24H35NO4/c1-13(2)10-18-22-16(5)15(4)12-17-11-14(3)6-7-19(26)20(27)8-9-21(28)24(17,22)23(29)25-18/h8-9,11-13,16-20,22,26-27H,6-7,10H2,1-5H3,(H,25,29)/b9-8+,14-11+/t16-,17+,18+,19-,20+,22+,24+/m1/s1. The molecule has 0 bridgehead atoms. The maximum Gasteiger partial charge on any atom is 0.235 e. The Hall–Kier alpha value is -1.72. The SMILES string of the molecule is CC1=C[C@@H]2/C=C(\C)CC[C@@H](O)[C@@H](O)/C=C/C(=O)[C@@]23C(=O)N[C@@H](CC(C)C)[C@@H]3[C@@H]1C. The second kappa shape index (κ2) is 8.19. The minimum absolute atomic E-state index is 0.0599. The fourth-order valence-electron chi connectivity index (χ4n) is 5.53. The van der Waals surface area contributed by atoms with Crippen LogP contribution in [0.1, 0.15) is 53.9 Å². The predicted octanol–water partition coefficient (Wildman–Crippen LogP) is 2.93. The van der Waals surface area contributed by atoms with Crippen LogP contribution in [0.5, 0.6) is 0 Å². The second-order valence-corrected chi connectivity index (χ2v) is 9.66. The minimum Gasteiger partial charge on any atom is -0.390 e. The third-order valence-corrected chi connectivity index (χ3v) is 7.15. The van der Waals surface area contributed by atoms with Gasteiger partial charge in [0.2, 0.25) is 5.91 Å². The van der Waals surface area contributed by atoms with Crippen molar-refractivity contribution in [2.45, 2.75) is 72.1 Å². The zero-order valence-corrected chi connectivity index (χ0v) is 18.2. The van der Waals surface area contributed by atoms with Crippen LogP contribution < -0.4 is 5.32 Å². The number of nitrogens with one attached hydrogen (secondary N) is 1. The molecule has 5 nitrogen and oxygen atoms in total. The van der Waals surface area contributed by atoms with E-state index in [-0.39, 0.29) is 35.5 Å². The van der Waals surface area contributed by atoms with Crippen LogP contribution in [-0.4, -0.2) is 40.2 Å². The lowest BCUT2D eigenvalue weighted by Gasteiger charge is -2.44. The Kier molecular flexibility index (Phi) is 6.21. The van der Waals surface area contributed by atoms with Gasteiger partial charge >= 0.3 is 0 Å². The fraction of sp³-hybridized carbons (Fsp3) is 0.667. The van der Waals surface area contributed by atoms with Crippen molar-refractivity contribution in [2.75, 3.05) is 0 Å². The molecular formula is C24H35NO4. The van der Waals surface area contributed by atoms with E-state index in [1.54, 1.807) is 0 Å². The first-order chi connectivity index (χ1) is 13.6. The molecular weight excluding hydrogens is 366 g/mol. The van der Waals surface area contributed by atoms with Gasteiger partial charge in [-0.2, -0.15) is 0 Å². The summed E-state index contributed by atoms with van der Waals surface area (Å²) < 4.78 is 0. The Morgan fingerprint density at radius 1 is 1.21 bits per heavy atom. The number of carbonyl (C=O) groups is 2. The van der Waals surface area contributed by atoms with Crippen LogP contribution in [0.4, 0.5) is 0 Å². The van der Waals surface area contributed by atoms with E-state index >= 15 is 0 Å². The van der Waals surface area contributed by atoms with E-state index in [4.69, 9.17) is 0 Å². The molecule has 3 N–H and O–H groups in total. The Labute approximate surface area is 174 Å². The third kappa shape index (κ3) is 3.75. The second-order valence-electron chi connectivity index (χ2n) is 9.66. The highest BCUT2D eigenvalue weighted by molar-refractivity contribution is 6.13. The highest BCUT2D eigenvalue weighted by atomic mass is 16.3. The summed E-state index contributed by atoms with van der Waals surface area (Å²) in [5, 5.41) is 23.6. The summed E-state index contributed by atoms with van der Waals surface area (Å²) in [7, 11) is 0. The first-order valence-corrected chi connectivity index (χ1v) is 10.8. The molecule has 0 aromatic carbocycles. The van der Waals surface area contributed by atoms with Gasteiger partial charge in [-0.1, -0.05) is 50.1 Å². The number of rotatable bonds is 2. The highest BCUT2D eigenvalue weighted by Crippen LogP contribution is 2.55. The Morgan fingerprint density at radius 3 is 2.55 bits per heavy atom. The summed E-state index contributed by atoms with van der Waals surface area (Å²) in [6, 6.07) is -0.0599. The zero-order valence-electron chi connectivity index (χ0n) is 18.2. The normalized spacial score (nSPS) is 43.4. The van der Waals surface area contributed by atoms with Gasteiger partial charge in [-0.15, -0.1) is 0 Å². The highest BCUT2D eigenvalue weighted by Gasteiger charge is 2.64. The molecule has 2 aliphatic carbocycles. The van der Waals surface area contributed by atoms with Crippen LogP contribution in [0.2, 0.25) is 0 Å². The van der Waals surface area contributed by atoms with E-state index in [9.17, 15) is 19.8 Å². The van der Waals surface area contributed by atoms with Gasteiger partial charge in [0.15, 0.2) is 5.78 Å². The van der Waals surface area contributed by atoms with Gasteiger partial charge in [0.1, 0.15) is 5.41 Å². The fourth-order valence-corrected chi connectivity index (χ4v) is 5.53. The first-order valence-electron chi connectivity index (χ1n) is 10.8. The average molecular weight is 402 g/mol. The Bertz CT molecular complexity index is 765. The van der Waals surface area contributed by atoms with Gasteiger partial charge in [-0.25, -0.2) is 0 Å². The Morgan fingerprint density at radius 2 is 1.90 bits per heavy atom. The summed E-state index contributed by atoms with van der Waals surface area (Å²) in [4.78, 5) is 27.1. The smallest absolute Gasteiger partial charge is 0.235 e. The number of aliphatic hydroxyl groups excluding tert-OH is 2. The molecule has 1 heterocycles. The molecule has 1 fully saturated rings. The molecule has 160 valence electrons. The van der Waals surface area contributed by atoms with Crippen molar-refractivity contribution in [2.24, 2.45) is 29.1 Å². The average Bonchev–Trinajstić information content (AvgIpc) is 2.93. The van der Waals surface area contributed by atoms with Gasteiger partial charge < -0.3 is 15.5 Å². The topological polar surface area (TPSA) is 86.6 Å². The maximum atomic E-state index is 13.6. The molecule has 0 unspecified atom stereocenters. The molecule has 1 saturated heterocycles. The predicted molar refractivity (Wildman–Crippen MR) is 113 cm³/mol. The molecule has 3 rings (SSSR count). The molecule has 29 heavy (non-hydrogen) atoms. The van der Waals surface area contributed by atoms with E-state index < -0.39 is 17.6 Å². The summed E-state index contributed by atoms with van der Waals surface area (Å²) in [5.74, 6) is -0.455. The van der Waals surface area contributed by atoms with Crippen molar-refractivity contribution in [3.63, 3.8) is 0 Å². The van der Waals surface area contributed by atoms with Crippen LogP contribution in [0.15, 0.2) is 35.5 Å². The zero-order chi connectivity index (χ0) is 21.5. The lowest BCUT2D eigenvalue weighted by Crippen LogP contribution is -2.51. The number of hydrogen-bond acceptors (Lipinski definition) is 4. The molecule has 0 aromatic rings. The first kappa shape index (κ1) is 22.0. The monoisotopic (exact) mass is 401 g/mol. The van der Waals surface area contributed by atoms with Gasteiger partial charge in [-0.05, 0) is 51.0 Å². The molecule has 1 amide bonds. The van der Waals surface area contributed by atoms with Crippen LogP contribution in [0, 0.1) is 29.1 Å². The summed E-state index contributed by atoms with van der Waals surface area (Å²) in [6.45, 7) is 10.4. The molecule has 1 aliphatic heterocycles. The van der Waals surface area contributed by atoms with Crippen LogP contribution in [0.25, 0.3) is 0 Å². The van der Waals surface area contributed by atoms with E-state index in [1.165, 1.54) is 17.7 Å². The van der Waals surface area contributed by atoms with Crippen molar-refractivity contribution in [1.29, 1.82) is 0 Å². The van der Waals surface area contributed by atoms with Crippen molar-refractivity contribution >= 4 is 11.7 Å². The number of ketones is 1. The van der Waals surface area contributed by atoms with Gasteiger partial charge in [0.25, 0.3) is 0 Å². The largest absolute Gasteiger partial charge is 0.390 e. The molecule has 0 saturated carbocycles. The number of carbonyl (C=O) groups excluding carboxylic acids is 2. The van der Waals surface area contributed by atoms with Crippen LogP contribution in [-0.2, 0) is 9.59 Å². The summed E-state index contributed by atoms with van der Waals surface area (Å²) in [6.07, 6.45) is 6.60. The quantitative estimate of drug-likeness (QED) is 0.490. The lowest BCUT2D eigenvalue weighted by atomic mass is 9.55. The Balaban J connectivity index is 2.20. The number of aliphatic hydroxyl groups is 2. The minimum atomic E-state index is -1.20. The summed E-state index contributed by atoms with van der Waals surface area (Å²) >= 11 is 0. The van der Waals surface area contributed by atoms with Gasteiger partial charge in [-0.3, -0.25) is 9.59 Å². The number of amides is 1. The molecule has 1 spiro atoms. The van der Waals surface area contributed by atoms with Gasteiger partial charge in [0, 0.05) is 17.9 Å². The summed E-state index contributed by atoms with van der Waals surface area (Å²) in [5.41, 5.74) is 1.02. The third-order valence-electron chi connectivity index (χ3n) is 7.15. The van der Waals surface area contributed by atoms with Crippen molar-refractivity contribution in [3.8, 4) is 0 Å². The molecule has 3 aliphatic rings. The van der Waals surface area contributed by atoms with Crippen molar-refractivity contribution in [1.82, 2.24) is 5.32 Å². The molecule has 5 heteroatoms. The van der Waals surface area contributed by atoms with Gasteiger partial charge in [0.05, 0.1) is 12.2 Å². The number of allylic oxidation sites excluding steroid dienone is 5. The van der Waals surface area contributed by atoms with Crippen molar-refractivity contribution < 1.29 is 19.8 Å². The molecule has 7 atom stereocenters. The maximum absolute atomic E-state index is 13.6.